The van der Waals surface area contributed by atoms with Gasteiger partial charge in [0.25, 0.3) is 0 Å². The summed E-state index contributed by atoms with van der Waals surface area (Å²) >= 11 is 1.92. The molecule has 0 fully saturated rings. The van der Waals surface area contributed by atoms with Crippen LogP contribution in [0.15, 0.2) is 30.5 Å². The molecule has 0 amide bonds. The van der Waals surface area contributed by atoms with E-state index in [9.17, 15) is 0 Å². The van der Waals surface area contributed by atoms with Crippen molar-refractivity contribution in [1.29, 1.82) is 0 Å². The van der Waals surface area contributed by atoms with Crippen LogP contribution in [0.25, 0.3) is 5.69 Å². The van der Waals surface area contributed by atoms with Crippen molar-refractivity contribution in [3.63, 3.8) is 0 Å². The van der Waals surface area contributed by atoms with Gasteiger partial charge in [-0.1, -0.05) is 18.2 Å². The van der Waals surface area contributed by atoms with Crippen molar-refractivity contribution in [3.8, 4) is 5.69 Å². The fraction of sp³-hybridized carbons (Fsp3) is 0.357. The van der Waals surface area contributed by atoms with Gasteiger partial charge in [-0.05, 0) is 32.6 Å². The first-order valence-corrected chi connectivity index (χ1v) is 8.57. The Balaban J connectivity index is 0.000000282. The van der Waals surface area contributed by atoms with Crippen LogP contribution in [0.3, 0.4) is 0 Å². The van der Waals surface area contributed by atoms with Gasteiger partial charge in [-0.2, -0.15) is 0 Å². The Morgan fingerprint density at radius 1 is 1.05 bits per heavy atom. The molecular weight excluding hydrogens is 314 g/mol. The van der Waals surface area contributed by atoms with Crippen LogP contribution in [-0.2, 0) is 12.8 Å². The first-order valence-electron chi connectivity index (χ1n) is 6.56. The third kappa shape index (κ3) is 5.03. The van der Waals surface area contributed by atoms with Crippen LogP contribution in [0, 0.1) is 17.2 Å². The van der Waals surface area contributed by atoms with Gasteiger partial charge in [-0.15, -0.1) is 14.2 Å². The summed E-state index contributed by atoms with van der Waals surface area (Å²) in [7, 11) is -4.94. The molecular formula is C14H16ClNO4S. The molecule has 5 nitrogen and oxygen atoms in total. The summed E-state index contributed by atoms with van der Waals surface area (Å²) in [4.78, 5) is 1.59. The molecule has 1 aromatic heterocycles. The average Bonchev–Trinajstić information content (AvgIpc) is 2.80. The van der Waals surface area contributed by atoms with Crippen LogP contribution in [0.1, 0.15) is 28.8 Å². The largest absolute Gasteiger partial charge is 0.227 e. The highest BCUT2D eigenvalue weighted by molar-refractivity contribution is 7.02. The summed E-state index contributed by atoms with van der Waals surface area (Å²) in [5.41, 5.74) is 4.26. The van der Waals surface area contributed by atoms with Gasteiger partial charge in [-0.3, -0.25) is 0 Å². The van der Waals surface area contributed by atoms with E-state index in [1.54, 1.807) is 10.4 Å². The average molecular weight is 330 g/mol. The summed E-state index contributed by atoms with van der Waals surface area (Å²) in [6, 6.07) is 8.61. The minimum atomic E-state index is -4.94. The van der Waals surface area contributed by atoms with Crippen molar-refractivity contribution in [2.75, 3.05) is 0 Å². The zero-order chi connectivity index (χ0) is 15.5. The van der Waals surface area contributed by atoms with E-state index in [2.05, 4.69) is 41.3 Å². The number of hydrogen-bond acceptors (Lipinski definition) is 5. The summed E-state index contributed by atoms with van der Waals surface area (Å²) in [6.07, 6.45) is 7.60. The van der Waals surface area contributed by atoms with E-state index in [0.29, 0.717) is 0 Å². The maximum atomic E-state index is 8.49. The predicted octanol–water partition coefficient (Wildman–Crippen LogP) is -1.54. The van der Waals surface area contributed by atoms with Gasteiger partial charge in [0.2, 0.25) is 5.69 Å². The van der Waals surface area contributed by atoms with Gasteiger partial charge >= 0.3 is 0 Å². The molecule has 0 saturated heterocycles. The number of fused-ring (bicyclic) bond motifs is 1. The molecule has 0 bridgehead atoms. The van der Waals surface area contributed by atoms with Gasteiger partial charge in [0, 0.05) is 17.2 Å². The van der Waals surface area contributed by atoms with E-state index in [0.717, 1.165) is 0 Å². The maximum Gasteiger partial charge on any atom is 0.227 e. The molecule has 2 aromatic rings. The molecule has 0 N–H and O–H groups in total. The quantitative estimate of drug-likeness (QED) is 0.592. The van der Waals surface area contributed by atoms with Gasteiger partial charge in [0.15, 0.2) is 6.20 Å². The molecule has 0 aliphatic heterocycles. The Bertz CT molecular complexity index is 580. The maximum absolute atomic E-state index is 8.49. The second-order valence-corrected chi connectivity index (χ2v) is 6.69. The molecule has 0 radical (unpaired) electrons. The SMILES string of the molecule is Cc1ccccc1-[n+]1cc2c(s1)CCCC2.[O-][Cl+3]([O-])([O-])[O-]. The number of aryl methyl sites for hydroxylation is 3. The van der Waals surface area contributed by atoms with Crippen LogP contribution >= 0.6 is 11.5 Å². The number of rotatable bonds is 1. The normalized spacial score (nSPS) is 14.1. The van der Waals surface area contributed by atoms with E-state index in [1.165, 1.54) is 36.9 Å². The van der Waals surface area contributed by atoms with Crippen molar-refractivity contribution in [3.05, 3.63) is 46.5 Å². The van der Waals surface area contributed by atoms with Crippen molar-refractivity contribution in [1.82, 2.24) is 0 Å². The Labute approximate surface area is 129 Å². The van der Waals surface area contributed by atoms with Gasteiger partial charge in [-0.25, -0.2) is 18.6 Å². The van der Waals surface area contributed by atoms with Crippen LogP contribution in [0.2, 0.25) is 0 Å². The monoisotopic (exact) mass is 329 g/mol. The molecule has 0 saturated carbocycles. The third-order valence-electron chi connectivity index (χ3n) is 3.29. The highest BCUT2D eigenvalue weighted by Gasteiger charge is 2.21. The standard InChI is InChI=1S/C14H16NS.ClHO4/c1-11-6-2-4-8-13(11)15-10-12-7-3-5-9-14(12)16-15;2-1(3,4)5/h2,4,6,8,10H,3,5,7,9H2,1H3;(H,2,3,4,5)/q+1;/p-1. The van der Waals surface area contributed by atoms with Gasteiger partial charge in [0.05, 0.1) is 4.88 Å². The number of hydrogen-bond donors (Lipinski definition) is 0. The van der Waals surface area contributed by atoms with Crippen LogP contribution in [-0.4, -0.2) is 0 Å². The van der Waals surface area contributed by atoms with Crippen LogP contribution < -0.4 is 22.6 Å². The van der Waals surface area contributed by atoms with E-state index in [4.69, 9.17) is 18.6 Å². The zero-order valence-electron chi connectivity index (χ0n) is 11.6. The summed E-state index contributed by atoms with van der Waals surface area (Å²) < 4.78 is 36.3. The van der Waals surface area contributed by atoms with Crippen LogP contribution in [0.5, 0.6) is 0 Å². The lowest BCUT2D eigenvalue weighted by Crippen LogP contribution is -2.68. The van der Waals surface area contributed by atoms with Crippen molar-refractivity contribution in [2.24, 2.45) is 0 Å². The molecule has 1 aromatic carbocycles. The van der Waals surface area contributed by atoms with Gasteiger partial charge < -0.3 is 0 Å². The Hall–Kier alpha value is -1.02. The highest BCUT2D eigenvalue weighted by atomic mass is 35.7. The topological polar surface area (TPSA) is 96.1 Å². The fourth-order valence-corrected chi connectivity index (χ4v) is 3.59. The van der Waals surface area contributed by atoms with Crippen molar-refractivity contribution >= 4 is 11.5 Å². The third-order valence-corrected chi connectivity index (χ3v) is 4.48. The predicted molar refractivity (Wildman–Crippen MR) is 67.2 cm³/mol. The molecule has 114 valence electrons. The number of nitrogens with zero attached hydrogens (tertiary/aromatic N) is 1. The minimum absolute atomic E-state index is 1.27. The number of para-hydroxylation sites is 1. The minimum Gasteiger partial charge on any atom is -0.222 e. The molecule has 1 aliphatic rings. The fourth-order valence-electron chi connectivity index (χ4n) is 2.36. The second-order valence-electron chi connectivity index (χ2n) is 4.87. The summed E-state index contributed by atoms with van der Waals surface area (Å²) in [6.45, 7) is 2.18. The highest BCUT2D eigenvalue weighted by Crippen LogP contribution is 2.24. The molecule has 7 heteroatoms. The molecule has 1 heterocycles. The van der Waals surface area contributed by atoms with E-state index < -0.39 is 10.2 Å². The smallest absolute Gasteiger partial charge is 0.222 e. The Morgan fingerprint density at radius 2 is 1.67 bits per heavy atom. The molecule has 0 unspecified atom stereocenters. The number of aromatic nitrogens is 1. The van der Waals surface area contributed by atoms with E-state index in [-0.39, 0.29) is 0 Å². The molecule has 3 rings (SSSR count). The zero-order valence-corrected chi connectivity index (χ0v) is 13.2. The lowest BCUT2D eigenvalue weighted by atomic mass is 10.0. The number of halogens is 1. The lowest BCUT2D eigenvalue weighted by molar-refractivity contribution is -2.00. The molecule has 21 heavy (non-hydrogen) atoms. The van der Waals surface area contributed by atoms with E-state index >= 15 is 0 Å². The van der Waals surface area contributed by atoms with Crippen molar-refractivity contribution < 1.29 is 32.8 Å². The Morgan fingerprint density at radius 3 is 2.29 bits per heavy atom. The molecule has 0 atom stereocenters. The molecule has 1 aliphatic carbocycles. The number of benzene rings is 1. The lowest BCUT2D eigenvalue weighted by Gasteiger charge is -2.17. The molecule has 0 spiro atoms. The first kappa shape index (κ1) is 16.4. The van der Waals surface area contributed by atoms with E-state index in [1.807, 2.05) is 11.5 Å². The summed E-state index contributed by atoms with van der Waals surface area (Å²) in [5.74, 6) is 0. The van der Waals surface area contributed by atoms with Crippen LogP contribution in [0.4, 0.5) is 0 Å². The second kappa shape index (κ2) is 6.83. The van der Waals surface area contributed by atoms with Gasteiger partial charge in [0.1, 0.15) is 11.5 Å². The Kier molecular flexibility index (Phi) is 5.32. The first-order chi connectivity index (χ1) is 9.84. The van der Waals surface area contributed by atoms with Crippen molar-refractivity contribution in [2.45, 2.75) is 32.6 Å². The summed E-state index contributed by atoms with van der Waals surface area (Å²) in [5, 5.41) is 0.